The summed E-state index contributed by atoms with van der Waals surface area (Å²) in [5.41, 5.74) is 0.764. The van der Waals surface area contributed by atoms with Crippen LogP contribution in [-0.4, -0.2) is 28.2 Å². The second kappa shape index (κ2) is 5.13. The number of aromatic carboxylic acids is 1. The van der Waals surface area contributed by atoms with Gasteiger partial charge in [-0.15, -0.1) is 0 Å². The van der Waals surface area contributed by atoms with Crippen molar-refractivity contribution in [1.82, 2.24) is 9.97 Å². The van der Waals surface area contributed by atoms with Crippen molar-refractivity contribution in [3.63, 3.8) is 0 Å². The lowest BCUT2D eigenvalue weighted by Gasteiger charge is -2.10. The summed E-state index contributed by atoms with van der Waals surface area (Å²) in [6.45, 7) is 0. The lowest BCUT2D eigenvalue weighted by atomic mass is 10.2. The Morgan fingerprint density at radius 3 is 2.67 bits per heavy atom. The molecular formula is C12H11N3O3. The minimum atomic E-state index is -1.00. The van der Waals surface area contributed by atoms with Gasteiger partial charge in [-0.25, -0.2) is 14.8 Å². The molecular weight excluding hydrogens is 234 g/mol. The van der Waals surface area contributed by atoms with Gasteiger partial charge in [-0.05, 0) is 24.3 Å². The van der Waals surface area contributed by atoms with Crippen LogP contribution in [0.25, 0.3) is 0 Å². The van der Waals surface area contributed by atoms with Crippen LogP contribution < -0.4 is 10.1 Å². The summed E-state index contributed by atoms with van der Waals surface area (Å²) in [5, 5.41) is 11.8. The predicted octanol–water partition coefficient (Wildman–Crippen LogP) is 1.93. The lowest BCUT2D eigenvalue weighted by molar-refractivity contribution is 0.0696. The van der Waals surface area contributed by atoms with Gasteiger partial charge < -0.3 is 15.2 Å². The molecule has 0 bridgehead atoms. The number of nitrogens with zero attached hydrogens (tertiary/aromatic N) is 2. The van der Waals surface area contributed by atoms with Crippen LogP contribution in [0.4, 0.5) is 11.6 Å². The number of methoxy groups -OCH3 is 1. The molecule has 2 aromatic rings. The average Bonchev–Trinajstić information content (AvgIpc) is 2.40. The quantitative estimate of drug-likeness (QED) is 0.856. The molecule has 0 amide bonds. The molecule has 2 rings (SSSR count). The third-order valence-electron chi connectivity index (χ3n) is 2.26. The van der Waals surface area contributed by atoms with Crippen LogP contribution in [0, 0.1) is 0 Å². The van der Waals surface area contributed by atoms with E-state index in [4.69, 9.17) is 9.84 Å². The molecule has 0 saturated heterocycles. The number of hydrogen-bond donors (Lipinski definition) is 2. The number of nitrogens with one attached hydrogen (secondary N) is 1. The van der Waals surface area contributed by atoms with E-state index < -0.39 is 5.97 Å². The number of rotatable bonds is 4. The van der Waals surface area contributed by atoms with E-state index in [1.165, 1.54) is 19.2 Å². The summed E-state index contributed by atoms with van der Waals surface area (Å²) in [6, 6.07) is 6.23. The second-order valence-corrected chi connectivity index (χ2v) is 3.42. The van der Waals surface area contributed by atoms with Crippen molar-refractivity contribution < 1.29 is 14.6 Å². The van der Waals surface area contributed by atoms with Gasteiger partial charge in [0.2, 0.25) is 5.95 Å². The Labute approximate surface area is 103 Å². The van der Waals surface area contributed by atoms with Crippen LogP contribution >= 0.6 is 0 Å². The number of hydrogen-bond acceptors (Lipinski definition) is 5. The fourth-order valence-electron chi connectivity index (χ4n) is 1.41. The Bertz CT molecular complexity index is 558. The summed E-state index contributed by atoms with van der Waals surface area (Å²) >= 11 is 0. The van der Waals surface area contributed by atoms with Gasteiger partial charge in [-0.1, -0.05) is 0 Å². The molecule has 0 spiro atoms. The molecule has 0 saturated carbocycles. The van der Waals surface area contributed by atoms with Crippen molar-refractivity contribution in [2.24, 2.45) is 0 Å². The molecule has 1 aromatic carbocycles. The zero-order valence-corrected chi connectivity index (χ0v) is 9.62. The molecule has 2 N–H and O–H groups in total. The minimum absolute atomic E-state index is 0.159. The Morgan fingerprint density at radius 2 is 2.06 bits per heavy atom. The fraction of sp³-hybridized carbons (Fsp3) is 0.0833. The van der Waals surface area contributed by atoms with Gasteiger partial charge in [0.25, 0.3) is 0 Å². The SMILES string of the molecule is COc1cc(C(=O)O)ccc1Nc1ncccn1. The Kier molecular flexibility index (Phi) is 3.38. The molecule has 1 heterocycles. The average molecular weight is 245 g/mol. The third-order valence-corrected chi connectivity index (χ3v) is 2.26. The van der Waals surface area contributed by atoms with Crippen molar-refractivity contribution in [3.05, 3.63) is 42.2 Å². The van der Waals surface area contributed by atoms with Crippen LogP contribution in [0.5, 0.6) is 5.75 Å². The number of carbonyl (C=O) groups is 1. The van der Waals surface area contributed by atoms with Crippen molar-refractivity contribution in [3.8, 4) is 5.75 Å². The molecule has 6 heteroatoms. The van der Waals surface area contributed by atoms with Crippen molar-refractivity contribution >= 4 is 17.6 Å². The molecule has 0 aliphatic rings. The number of benzene rings is 1. The number of carboxylic acids is 1. The monoisotopic (exact) mass is 245 g/mol. The van der Waals surface area contributed by atoms with Gasteiger partial charge in [-0.2, -0.15) is 0 Å². The first-order valence-corrected chi connectivity index (χ1v) is 5.16. The van der Waals surface area contributed by atoms with E-state index >= 15 is 0 Å². The maximum atomic E-state index is 10.8. The van der Waals surface area contributed by atoms with Crippen molar-refractivity contribution in [2.75, 3.05) is 12.4 Å². The Morgan fingerprint density at radius 1 is 1.33 bits per heavy atom. The summed E-state index contributed by atoms with van der Waals surface area (Å²) in [5.74, 6) is -0.169. The molecule has 92 valence electrons. The maximum absolute atomic E-state index is 10.8. The number of anilines is 2. The summed E-state index contributed by atoms with van der Waals surface area (Å²) in [7, 11) is 1.47. The van der Waals surface area contributed by atoms with Gasteiger partial charge in [0.15, 0.2) is 0 Å². The molecule has 0 unspecified atom stereocenters. The van der Waals surface area contributed by atoms with Gasteiger partial charge in [0, 0.05) is 12.4 Å². The fourth-order valence-corrected chi connectivity index (χ4v) is 1.41. The van der Waals surface area contributed by atoms with Gasteiger partial charge in [0.05, 0.1) is 18.4 Å². The predicted molar refractivity (Wildman–Crippen MR) is 65.3 cm³/mol. The normalized spacial score (nSPS) is 9.83. The van der Waals surface area contributed by atoms with E-state index in [2.05, 4.69) is 15.3 Å². The van der Waals surface area contributed by atoms with E-state index in [1.54, 1.807) is 24.5 Å². The smallest absolute Gasteiger partial charge is 0.335 e. The van der Waals surface area contributed by atoms with Crippen LogP contribution in [0.1, 0.15) is 10.4 Å². The zero-order chi connectivity index (χ0) is 13.0. The van der Waals surface area contributed by atoms with Crippen molar-refractivity contribution in [1.29, 1.82) is 0 Å². The molecule has 0 radical (unpaired) electrons. The van der Waals surface area contributed by atoms with E-state index in [0.29, 0.717) is 17.4 Å². The molecule has 0 fully saturated rings. The number of ether oxygens (including phenoxy) is 1. The number of aromatic nitrogens is 2. The van der Waals surface area contributed by atoms with Crippen molar-refractivity contribution in [2.45, 2.75) is 0 Å². The molecule has 0 aliphatic heterocycles. The topological polar surface area (TPSA) is 84.3 Å². The van der Waals surface area contributed by atoms with Crippen LogP contribution in [0.15, 0.2) is 36.7 Å². The molecule has 18 heavy (non-hydrogen) atoms. The highest BCUT2D eigenvalue weighted by Crippen LogP contribution is 2.27. The van der Waals surface area contributed by atoms with E-state index in [9.17, 15) is 4.79 Å². The first-order valence-electron chi connectivity index (χ1n) is 5.16. The van der Waals surface area contributed by atoms with E-state index in [0.717, 1.165) is 0 Å². The summed E-state index contributed by atoms with van der Waals surface area (Å²) < 4.78 is 5.13. The van der Waals surface area contributed by atoms with Crippen LogP contribution in [-0.2, 0) is 0 Å². The van der Waals surface area contributed by atoms with E-state index in [1.807, 2.05) is 0 Å². The Balaban J connectivity index is 2.31. The molecule has 6 nitrogen and oxygen atoms in total. The maximum Gasteiger partial charge on any atom is 0.335 e. The largest absolute Gasteiger partial charge is 0.495 e. The molecule has 0 atom stereocenters. The zero-order valence-electron chi connectivity index (χ0n) is 9.62. The van der Waals surface area contributed by atoms with E-state index in [-0.39, 0.29) is 5.56 Å². The highest BCUT2D eigenvalue weighted by molar-refractivity contribution is 5.89. The highest BCUT2D eigenvalue weighted by atomic mass is 16.5. The molecule has 0 aliphatic carbocycles. The molecule has 1 aromatic heterocycles. The Hall–Kier alpha value is -2.63. The number of carboxylic acid groups (broad SMARTS) is 1. The van der Waals surface area contributed by atoms with Crippen LogP contribution in [0.3, 0.4) is 0 Å². The lowest BCUT2D eigenvalue weighted by Crippen LogP contribution is -2.01. The van der Waals surface area contributed by atoms with Gasteiger partial charge in [0.1, 0.15) is 5.75 Å². The minimum Gasteiger partial charge on any atom is -0.495 e. The van der Waals surface area contributed by atoms with Gasteiger partial charge in [-0.3, -0.25) is 0 Å². The van der Waals surface area contributed by atoms with Gasteiger partial charge >= 0.3 is 5.97 Å². The first kappa shape index (κ1) is 11.8. The second-order valence-electron chi connectivity index (χ2n) is 3.42. The summed E-state index contributed by atoms with van der Waals surface area (Å²) in [6.07, 6.45) is 3.21. The first-order chi connectivity index (χ1) is 8.70. The highest BCUT2D eigenvalue weighted by Gasteiger charge is 2.09. The van der Waals surface area contributed by atoms with Crippen LogP contribution in [0.2, 0.25) is 0 Å². The summed E-state index contributed by atoms with van der Waals surface area (Å²) in [4.78, 5) is 18.9. The third kappa shape index (κ3) is 2.54. The standard InChI is InChI=1S/C12H11N3O3/c1-18-10-7-8(11(16)17)3-4-9(10)15-12-13-5-2-6-14-12/h2-7H,1H3,(H,16,17)(H,13,14,15).